The van der Waals surface area contributed by atoms with Crippen LogP contribution in [0, 0.1) is 0 Å². The molecule has 4 heteroatoms. The van der Waals surface area contributed by atoms with Gasteiger partial charge in [0.05, 0.1) is 0 Å². The Bertz CT molecular complexity index is 508. The van der Waals surface area contributed by atoms with E-state index < -0.39 is 0 Å². The lowest BCUT2D eigenvalue weighted by molar-refractivity contribution is 0.464. The molecule has 94 valence electrons. The number of phenolic OH excluding ortho intramolecular Hbond substituents is 1. The van der Waals surface area contributed by atoms with E-state index in [2.05, 4.69) is 21.2 Å². The molecule has 0 amide bonds. The molecule has 0 aliphatic rings. The molecule has 0 saturated heterocycles. The normalized spacial score (nSPS) is 10.6. The van der Waals surface area contributed by atoms with Gasteiger partial charge in [-0.15, -0.1) is 0 Å². The summed E-state index contributed by atoms with van der Waals surface area (Å²) in [6.07, 6.45) is 0. The molecule has 2 aromatic rings. The quantitative estimate of drug-likeness (QED) is 0.886. The van der Waals surface area contributed by atoms with Crippen LogP contribution in [0.2, 0.25) is 5.02 Å². The molecular formula is C14H13BrClNO. The third kappa shape index (κ3) is 3.48. The zero-order chi connectivity index (χ0) is 13.0. The third-order valence-corrected chi connectivity index (χ3v) is 3.52. The summed E-state index contributed by atoms with van der Waals surface area (Å²) >= 11 is 9.42. The van der Waals surface area contributed by atoms with Gasteiger partial charge in [-0.1, -0.05) is 45.7 Å². The van der Waals surface area contributed by atoms with Gasteiger partial charge in [-0.25, -0.2) is 0 Å². The first-order valence-electron chi connectivity index (χ1n) is 5.58. The standard InChI is InChI=1S/C14H13BrClNO/c15-11-6-4-10(5-7-11)8-17-9-12-13(16)2-1-3-14(12)18/h1-7,17-18H,8-9H2. The second-order valence-corrected chi connectivity index (χ2v) is 5.29. The first-order valence-corrected chi connectivity index (χ1v) is 6.75. The van der Waals surface area contributed by atoms with E-state index >= 15 is 0 Å². The number of phenols is 1. The summed E-state index contributed by atoms with van der Waals surface area (Å²) in [5.74, 6) is 0.228. The molecule has 0 saturated carbocycles. The van der Waals surface area contributed by atoms with E-state index in [-0.39, 0.29) is 5.75 Å². The van der Waals surface area contributed by atoms with Crippen LogP contribution >= 0.6 is 27.5 Å². The molecule has 2 rings (SSSR count). The molecule has 2 aromatic carbocycles. The number of hydrogen-bond acceptors (Lipinski definition) is 2. The Morgan fingerprint density at radius 2 is 1.78 bits per heavy atom. The Morgan fingerprint density at radius 1 is 1.06 bits per heavy atom. The first-order chi connectivity index (χ1) is 8.66. The van der Waals surface area contributed by atoms with E-state index in [1.54, 1.807) is 18.2 Å². The maximum Gasteiger partial charge on any atom is 0.121 e. The van der Waals surface area contributed by atoms with Gasteiger partial charge < -0.3 is 10.4 Å². The molecule has 2 nitrogen and oxygen atoms in total. The molecule has 0 aromatic heterocycles. The lowest BCUT2D eigenvalue weighted by Gasteiger charge is -2.08. The summed E-state index contributed by atoms with van der Waals surface area (Å²) in [5, 5.41) is 13.5. The van der Waals surface area contributed by atoms with Crippen LogP contribution in [-0.4, -0.2) is 5.11 Å². The van der Waals surface area contributed by atoms with Crippen LogP contribution in [0.1, 0.15) is 11.1 Å². The smallest absolute Gasteiger partial charge is 0.121 e. The largest absolute Gasteiger partial charge is 0.508 e. The molecule has 0 atom stereocenters. The summed E-state index contributed by atoms with van der Waals surface area (Å²) in [7, 11) is 0. The number of nitrogens with one attached hydrogen (secondary N) is 1. The van der Waals surface area contributed by atoms with Gasteiger partial charge in [-0.2, -0.15) is 0 Å². The van der Waals surface area contributed by atoms with Gasteiger partial charge in [0.1, 0.15) is 5.75 Å². The Hall–Kier alpha value is -1.03. The van der Waals surface area contributed by atoms with Crippen LogP contribution < -0.4 is 5.32 Å². The zero-order valence-corrected chi connectivity index (χ0v) is 12.0. The first kappa shape index (κ1) is 13.4. The molecule has 18 heavy (non-hydrogen) atoms. The van der Waals surface area contributed by atoms with Crippen molar-refractivity contribution in [3.63, 3.8) is 0 Å². The fourth-order valence-corrected chi connectivity index (χ4v) is 2.16. The number of aromatic hydroxyl groups is 1. The SMILES string of the molecule is Oc1cccc(Cl)c1CNCc1ccc(Br)cc1. The maximum absolute atomic E-state index is 9.69. The Labute approximate surface area is 120 Å². The van der Waals surface area contributed by atoms with Gasteiger partial charge in [0.15, 0.2) is 0 Å². The number of halogens is 2. The van der Waals surface area contributed by atoms with Gasteiger partial charge in [-0.3, -0.25) is 0 Å². The highest BCUT2D eigenvalue weighted by Gasteiger charge is 2.05. The van der Waals surface area contributed by atoms with Crippen LogP contribution in [0.5, 0.6) is 5.75 Å². The van der Waals surface area contributed by atoms with E-state index in [9.17, 15) is 5.11 Å². The van der Waals surface area contributed by atoms with E-state index in [0.717, 1.165) is 16.6 Å². The van der Waals surface area contributed by atoms with Crippen molar-refractivity contribution in [2.75, 3.05) is 0 Å². The predicted octanol–water partition coefficient (Wildman–Crippen LogP) is 4.10. The molecule has 0 heterocycles. The lowest BCUT2D eigenvalue weighted by atomic mass is 10.2. The minimum Gasteiger partial charge on any atom is -0.508 e. The fourth-order valence-electron chi connectivity index (χ4n) is 1.66. The monoisotopic (exact) mass is 325 g/mol. The van der Waals surface area contributed by atoms with Crippen molar-refractivity contribution in [1.82, 2.24) is 5.32 Å². The highest BCUT2D eigenvalue weighted by molar-refractivity contribution is 9.10. The molecule has 2 N–H and O–H groups in total. The van der Waals surface area contributed by atoms with E-state index in [0.29, 0.717) is 11.6 Å². The van der Waals surface area contributed by atoms with Gasteiger partial charge >= 0.3 is 0 Å². The summed E-state index contributed by atoms with van der Waals surface area (Å²) in [6.45, 7) is 1.28. The molecule has 0 fully saturated rings. The lowest BCUT2D eigenvalue weighted by Crippen LogP contribution is -2.13. The van der Waals surface area contributed by atoms with Crippen LogP contribution in [0.3, 0.4) is 0 Å². The minimum atomic E-state index is 0.228. The van der Waals surface area contributed by atoms with Crippen molar-refractivity contribution in [3.05, 3.63) is 63.1 Å². The van der Waals surface area contributed by atoms with Crippen molar-refractivity contribution in [2.24, 2.45) is 0 Å². The number of rotatable bonds is 4. The highest BCUT2D eigenvalue weighted by Crippen LogP contribution is 2.24. The minimum absolute atomic E-state index is 0.228. The molecule has 0 radical (unpaired) electrons. The summed E-state index contributed by atoms with van der Waals surface area (Å²) in [4.78, 5) is 0. The van der Waals surface area contributed by atoms with Gasteiger partial charge in [0, 0.05) is 28.1 Å². The predicted molar refractivity (Wildman–Crippen MR) is 77.8 cm³/mol. The van der Waals surface area contributed by atoms with Crippen LogP contribution in [0.25, 0.3) is 0 Å². The van der Waals surface area contributed by atoms with Crippen molar-refractivity contribution in [3.8, 4) is 5.75 Å². The van der Waals surface area contributed by atoms with E-state index in [1.165, 1.54) is 5.56 Å². The topological polar surface area (TPSA) is 32.3 Å². The molecular weight excluding hydrogens is 314 g/mol. The average Bonchev–Trinajstić information content (AvgIpc) is 2.35. The Kier molecular flexibility index (Phi) is 4.64. The van der Waals surface area contributed by atoms with E-state index in [4.69, 9.17) is 11.6 Å². The molecule has 0 spiro atoms. The van der Waals surface area contributed by atoms with Crippen molar-refractivity contribution < 1.29 is 5.11 Å². The molecule has 0 unspecified atom stereocenters. The summed E-state index contributed by atoms with van der Waals surface area (Å²) in [5.41, 5.74) is 1.92. The Morgan fingerprint density at radius 3 is 2.44 bits per heavy atom. The summed E-state index contributed by atoms with van der Waals surface area (Å²) < 4.78 is 1.06. The average molecular weight is 327 g/mol. The van der Waals surface area contributed by atoms with Gasteiger partial charge in [0.25, 0.3) is 0 Å². The van der Waals surface area contributed by atoms with Crippen LogP contribution in [0.4, 0.5) is 0 Å². The maximum atomic E-state index is 9.69. The second-order valence-electron chi connectivity index (χ2n) is 3.97. The molecule has 0 bridgehead atoms. The van der Waals surface area contributed by atoms with Crippen LogP contribution in [-0.2, 0) is 13.1 Å². The summed E-state index contributed by atoms with van der Waals surface area (Å²) in [6, 6.07) is 13.2. The zero-order valence-electron chi connectivity index (χ0n) is 9.66. The van der Waals surface area contributed by atoms with Crippen molar-refractivity contribution >= 4 is 27.5 Å². The third-order valence-electron chi connectivity index (χ3n) is 2.64. The van der Waals surface area contributed by atoms with Crippen molar-refractivity contribution in [1.29, 1.82) is 0 Å². The number of hydrogen-bond donors (Lipinski definition) is 2. The van der Waals surface area contributed by atoms with Gasteiger partial charge in [0.2, 0.25) is 0 Å². The van der Waals surface area contributed by atoms with Crippen molar-refractivity contribution in [2.45, 2.75) is 13.1 Å². The second kappa shape index (κ2) is 6.23. The highest BCUT2D eigenvalue weighted by atomic mass is 79.9. The molecule has 0 aliphatic carbocycles. The Balaban J connectivity index is 1.94. The fraction of sp³-hybridized carbons (Fsp3) is 0.143. The van der Waals surface area contributed by atoms with Gasteiger partial charge in [-0.05, 0) is 29.8 Å². The molecule has 0 aliphatic heterocycles. The van der Waals surface area contributed by atoms with E-state index in [1.807, 2.05) is 24.3 Å². The number of benzene rings is 2. The van der Waals surface area contributed by atoms with Crippen LogP contribution in [0.15, 0.2) is 46.9 Å².